The zero-order valence-corrected chi connectivity index (χ0v) is 14.2. The van der Waals surface area contributed by atoms with Gasteiger partial charge in [0.05, 0.1) is 6.04 Å². The topological polar surface area (TPSA) is 67.3 Å². The Labute approximate surface area is 141 Å². The highest BCUT2D eigenvalue weighted by Crippen LogP contribution is 2.56. The fourth-order valence-corrected chi connectivity index (χ4v) is 3.90. The zero-order chi connectivity index (χ0) is 16.3. The number of furan rings is 1. The van der Waals surface area contributed by atoms with Crippen LogP contribution in [-0.4, -0.2) is 41.7 Å². The summed E-state index contributed by atoms with van der Waals surface area (Å²) in [5, 5.41) is 7.63. The van der Waals surface area contributed by atoms with Crippen molar-refractivity contribution in [2.75, 3.05) is 26.7 Å². The molecule has 0 radical (unpaired) electrons. The summed E-state index contributed by atoms with van der Waals surface area (Å²) >= 11 is 0. The average molecular weight is 328 g/mol. The Morgan fingerprint density at radius 1 is 1.17 bits per heavy atom. The predicted octanol–water partition coefficient (Wildman–Crippen LogP) is 2.63. The molecule has 0 aromatic carbocycles. The van der Waals surface area contributed by atoms with Crippen molar-refractivity contribution < 1.29 is 8.94 Å². The molecule has 0 bridgehead atoms. The van der Waals surface area contributed by atoms with E-state index in [1.807, 2.05) is 0 Å². The van der Waals surface area contributed by atoms with Crippen LogP contribution in [0.25, 0.3) is 0 Å². The van der Waals surface area contributed by atoms with Gasteiger partial charge in [-0.25, -0.2) is 0 Å². The second kappa shape index (κ2) is 5.43. The normalized spacial score (nSPS) is 36.0. The van der Waals surface area contributed by atoms with Crippen molar-refractivity contribution in [3.63, 3.8) is 0 Å². The van der Waals surface area contributed by atoms with Crippen molar-refractivity contribution in [1.29, 1.82) is 0 Å². The molecule has 0 spiro atoms. The van der Waals surface area contributed by atoms with Crippen molar-refractivity contribution in [2.45, 2.75) is 43.6 Å². The smallest absolute Gasteiger partial charge is 0.230 e. The number of hydrogen-bond acceptors (Lipinski definition) is 6. The van der Waals surface area contributed by atoms with E-state index in [-0.39, 0.29) is 6.04 Å². The van der Waals surface area contributed by atoms with Crippen LogP contribution < -0.4 is 5.32 Å². The highest BCUT2D eigenvalue weighted by molar-refractivity contribution is 5.27. The van der Waals surface area contributed by atoms with Crippen molar-refractivity contribution in [2.24, 2.45) is 5.92 Å². The van der Waals surface area contributed by atoms with E-state index in [0.717, 1.165) is 55.2 Å². The molecule has 5 rings (SSSR count). The van der Waals surface area contributed by atoms with Crippen molar-refractivity contribution in [3.05, 3.63) is 35.4 Å². The van der Waals surface area contributed by atoms with Crippen LogP contribution in [0.3, 0.4) is 0 Å². The Morgan fingerprint density at radius 3 is 2.71 bits per heavy atom. The second-order valence-corrected chi connectivity index (χ2v) is 7.70. The van der Waals surface area contributed by atoms with Crippen molar-refractivity contribution in [3.8, 4) is 0 Å². The number of hydrogen-bond donors (Lipinski definition) is 1. The van der Waals surface area contributed by atoms with Gasteiger partial charge in [-0.05, 0) is 37.9 Å². The SMILES string of the molecule is CC1CC1c1ccc(C2CC2c2nc(C3CNCCN3C)no2)o1. The third-order valence-electron chi connectivity index (χ3n) is 5.86. The summed E-state index contributed by atoms with van der Waals surface area (Å²) in [5.74, 6) is 5.96. The molecule has 6 heteroatoms. The van der Waals surface area contributed by atoms with Gasteiger partial charge in [0.2, 0.25) is 5.89 Å². The van der Waals surface area contributed by atoms with Gasteiger partial charge in [-0.1, -0.05) is 12.1 Å². The molecule has 2 saturated carbocycles. The molecule has 2 aliphatic carbocycles. The summed E-state index contributed by atoms with van der Waals surface area (Å²) in [6.45, 7) is 5.19. The van der Waals surface area contributed by atoms with Gasteiger partial charge in [0, 0.05) is 37.4 Å². The highest BCUT2D eigenvalue weighted by Gasteiger charge is 2.47. The number of likely N-dealkylation sites (N-methyl/N-ethyl adjacent to an activating group) is 1. The third-order valence-corrected chi connectivity index (χ3v) is 5.86. The number of piperazine rings is 1. The Balaban J connectivity index is 1.28. The van der Waals surface area contributed by atoms with Gasteiger partial charge in [-0.2, -0.15) is 4.98 Å². The van der Waals surface area contributed by atoms with Crippen molar-refractivity contribution in [1.82, 2.24) is 20.4 Å². The molecule has 128 valence electrons. The first kappa shape index (κ1) is 14.7. The van der Waals surface area contributed by atoms with Gasteiger partial charge in [-0.3, -0.25) is 4.90 Å². The summed E-state index contributed by atoms with van der Waals surface area (Å²) in [6.07, 6.45) is 2.31. The van der Waals surface area contributed by atoms with E-state index in [9.17, 15) is 0 Å². The summed E-state index contributed by atoms with van der Waals surface area (Å²) in [7, 11) is 2.12. The maximum atomic E-state index is 6.09. The Kier molecular flexibility index (Phi) is 3.31. The first-order chi connectivity index (χ1) is 11.7. The number of nitrogens with one attached hydrogen (secondary N) is 1. The largest absolute Gasteiger partial charge is 0.465 e. The summed E-state index contributed by atoms with van der Waals surface area (Å²) in [5.41, 5.74) is 0. The van der Waals surface area contributed by atoms with Crippen molar-refractivity contribution >= 4 is 0 Å². The molecule has 2 aromatic rings. The molecule has 1 saturated heterocycles. The van der Waals surface area contributed by atoms with E-state index in [0.29, 0.717) is 17.8 Å². The monoisotopic (exact) mass is 328 g/mol. The summed E-state index contributed by atoms with van der Waals surface area (Å²) in [6, 6.07) is 4.50. The van der Waals surface area contributed by atoms with E-state index >= 15 is 0 Å². The van der Waals surface area contributed by atoms with Gasteiger partial charge in [-0.15, -0.1) is 0 Å². The highest BCUT2D eigenvalue weighted by atomic mass is 16.5. The molecule has 6 nitrogen and oxygen atoms in total. The van der Waals surface area contributed by atoms with Gasteiger partial charge in [0.15, 0.2) is 5.82 Å². The Bertz CT molecular complexity index is 739. The molecule has 3 aliphatic rings. The first-order valence-corrected chi connectivity index (χ1v) is 9.05. The molecule has 2 aromatic heterocycles. The number of aromatic nitrogens is 2. The van der Waals surface area contributed by atoms with Crippen LogP contribution in [0, 0.1) is 5.92 Å². The molecule has 1 aliphatic heterocycles. The minimum absolute atomic E-state index is 0.208. The molecule has 3 heterocycles. The molecular weight excluding hydrogens is 304 g/mol. The molecular formula is C18H24N4O2. The fraction of sp³-hybridized carbons (Fsp3) is 0.667. The minimum Gasteiger partial charge on any atom is -0.465 e. The lowest BCUT2D eigenvalue weighted by molar-refractivity contribution is 0.190. The van der Waals surface area contributed by atoms with E-state index in [4.69, 9.17) is 8.94 Å². The molecule has 0 amide bonds. The fourth-order valence-electron chi connectivity index (χ4n) is 3.90. The minimum atomic E-state index is 0.208. The quantitative estimate of drug-likeness (QED) is 0.930. The maximum Gasteiger partial charge on any atom is 0.230 e. The van der Waals surface area contributed by atoms with Crippen LogP contribution in [0.5, 0.6) is 0 Å². The van der Waals surface area contributed by atoms with E-state index in [1.54, 1.807) is 0 Å². The lowest BCUT2D eigenvalue weighted by Crippen LogP contribution is -2.44. The maximum absolute atomic E-state index is 6.09. The standard InChI is InChI=1S/C18H24N4O2/c1-10-7-11(10)15-3-4-16(23-15)12-8-13(12)18-20-17(21-24-18)14-9-19-5-6-22(14)2/h3-4,10-14,19H,5-9H2,1-2H3. The van der Waals surface area contributed by atoms with E-state index in [1.165, 1.54) is 6.42 Å². The second-order valence-electron chi connectivity index (χ2n) is 7.70. The Hall–Kier alpha value is -1.66. The van der Waals surface area contributed by atoms with Gasteiger partial charge in [0.25, 0.3) is 0 Å². The summed E-state index contributed by atoms with van der Waals surface area (Å²) in [4.78, 5) is 6.97. The van der Waals surface area contributed by atoms with Gasteiger partial charge in [0.1, 0.15) is 11.5 Å². The predicted molar refractivity (Wildman–Crippen MR) is 87.9 cm³/mol. The number of nitrogens with zero attached hydrogens (tertiary/aromatic N) is 3. The van der Waals surface area contributed by atoms with E-state index < -0.39 is 0 Å². The van der Waals surface area contributed by atoms with Crippen LogP contribution in [-0.2, 0) is 0 Å². The van der Waals surface area contributed by atoms with Crippen LogP contribution in [0.2, 0.25) is 0 Å². The van der Waals surface area contributed by atoms with Crippen LogP contribution in [0.15, 0.2) is 21.1 Å². The lowest BCUT2D eigenvalue weighted by Gasteiger charge is -2.30. The molecule has 5 unspecified atom stereocenters. The van der Waals surface area contributed by atoms with Gasteiger partial charge >= 0.3 is 0 Å². The Morgan fingerprint density at radius 2 is 1.96 bits per heavy atom. The average Bonchev–Trinajstić information content (AvgIpc) is 3.40. The first-order valence-electron chi connectivity index (χ1n) is 9.05. The molecule has 24 heavy (non-hydrogen) atoms. The van der Waals surface area contributed by atoms with Gasteiger partial charge < -0.3 is 14.3 Å². The van der Waals surface area contributed by atoms with E-state index in [2.05, 4.69) is 46.5 Å². The molecule has 5 atom stereocenters. The number of rotatable bonds is 4. The van der Waals surface area contributed by atoms with Crippen LogP contribution >= 0.6 is 0 Å². The third kappa shape index (κ3) is 2.48. The summed E-state index contributed by atoms with van der Waals surface area (Å²) < 4.78 is 11.7. The molecule has 3 fully saturated rings. The lowest BCUT2D eigenvalue weighted by atomic mass is 10.2. The molecule has 1 N–H and O–H groups in total. The zero-order valence-electron chi connectivity index (χ0n) is 14.2. The van der Waals surface area contributed by atoms with Crippen LogP contribution in [0.4, 0.5) is 0 Å². The van der Waals surface area contributed by atoms with Crippen LogP contribution in [0.1, 0.15) is 66.8 Å².